The van der Waals surface area contributed by atoms with E-state index in [0.29, 0.717) is 6.54 Å². The van der Waals surface area contributed by atoms with E-state index in [4.69, 9.17) is 0 Å². The van der Waals surface area contributed by atoms with Crippen LogP contribution in [0.2, 0.25) is 0 Å². The van der Waals surface area contributed by atoms with Crippen molar-refractivity contribution in [3.63, 3.8) is 0 Å². The maximum Gasteiger partial charge on any atom is 0.250 e. The van der Waals surface area contributed by atoms with Gasteiger partial charge in [0.05, 0.1) is 6.54 Å². The van der Waals surface area contributed by atoms with Crippen LogP contribution in [0, 0.1) is 0 Å². The molecule has 1 heterocycles. The molecule has 0 fully saturated rings. The number of pyridine rings is 1. The Labute approximate surface area is 102 Å². The summed E-state index contributed by atoms with van der Waals surface area (Å²) in [4.78, 5) is 11.7. The fourth-order valence-corrected chi connectivity index (χ4v) is 1.85. The van der Waals surface area contributed by atoms with E-state index in [0.717, 1.165) is 17.4 Å². The lowest BCUT2D eigenvalue weighted by atomic mass is 9.99. The average molecular weight is 225 g/mol. The summed E-state index contributed by atoms with van der Waals surface area (Å²) in [6, 6.07) is 11.9. The van der Waals surface area contributed by atoms with Crippen LogP contribution in [0.5, 0.6) is 0 Å². The summed E-state index contributed by atoms with van der Waals surface area (Å²) >= 11 is 0. The van der Waals surface area contributed by atoms with Gasteiger partial charge in [-0.15, -0.1) is 0 Å². The number of rotatable bonds is 3. The number of aromatic nitrogens is 1. The van der Waals surface area contributed by atoms with E-state index in [1.54, 1.807) is 10.6 Å². The fraction of sp³-hybridized carbons (Fsp3) is 0.214. The van der Waals surface area contributed by atoms with E-state index in [2.05, 4.69) is 31.2 Å². The highest BCUT2D eigenvalue weighted by atomic mass is 16.1. The Bertz CT molecular complexity index is 557. The van der Waals surface area contributed by atoms with Crippen molar-refractivity contribution in [2.75, 3.05) is 0 Å². The molecule has 0 atom stereocenters. The quantitative estimate of drug-likeness (QED) is 0.705. The van der Waals surface area contributed by atoms with Crippen molar-refractivity contribution in [1.82, 2.24) is 4.57 Å². The predicted molar refractivity (Wildman–Crippen MR) is 73.8 cm³/mol. The molecule has 0 N–H and O–H groups in total. The molecule has 86 valence electrons. The maximum atomic E-state index is 11.7. The van der Waals surface area contributed by atoms with Crippen LogP contribution < -0.4 is 11.0 Å². The van der Waals surface area contributed by atoms with Crippen molar-refractivity contribution in [1.29, 1.82) is 0 Å². The second-order valence-corrected chi connectivity index (χ2v) is 4.34. The monoisotopic (exact) mass is 225 g/mol. The normalized spacial score (nSPS) is 10.4. The zero-order valence-electron chi connectivity index (χ0n) is 10.3. The van der Waals surface area contributed by atoms with Crippen LogP contribution in [0.1, 0.15) is 18.1 Å². The van der Waals surface area contributed by atoms with Gasteiger partial charge in [-0.2, -0.15) is 0 Å². The average Bonchev–Trinajstić information content (AvgIpc) is 2.35. The van der Waals surface area contributed by atoms with Crippen molar-refractivity contribution in [2.45, 2.75) is 19.9 Å². The minimum absolute atomic E-state index is 0.0511. The molecule has 2 rings (SSSR count). The molecule has 0 radical (unpaired) electrons. The molecule has 0 amide bonds. The van der Waals surface area contributed by atoms with E-state index in [9.17, 15) is 4.79 Å². The van der Waals surface area contributed by atoms with Crippen LogP contribution in [0.15, 0.2) is 47.4 Å². The molecule has 0 aliphatic heterocycles. The molecule has 1 aromatic heterocycles. The summed E-state index contributed by atoms with van der Waals surface area (Å²) in [5, 5.41) is 0. The van der Waals surface area contributed by atoms with E-state index < -0.39 is 0 Å². The topological polar surface area (TPSA) is 22.0 Å². The molecule has 3 heteroatoms. The number of benzene rings is 1. The van der Waals surface area contributed by atoms with Gasteiger partial charge in [0, 0.05) is 12.3 Å². The molecular formula is C14H16BNO. The van der Waals surface area contributed by atoms with E-state index in [1.807, 2.05) is 20.1 Å². The van der Waals surface area contributed by atoms with Crippen molar-refractivity contribution in [3.8, 4) is 0 Å². The predicted octanol–water partition coefficient (Wildman–Crippen LogP) is 0.717. The molecular weight excluding hydrogens is 209 g/mol. The summed E-state index contributed by atoms with van der Waals surface area (Å²) in [5.74, 6) is 0. The number of hydrogen-bond donors (Lipinski definition) is 0. The second kappa shape index (κ2) is 5.04. The molecule has 0 bridgehead atoms. The van der Waals surface area contributed by atoms with Crippen molar-refractivity contribution in [2.24, 2.45) is 0 Å². The second-order valence-electron chi connectivity index (χ2n) is 4.34. The molecule has 0 saturated carbocycles. The van der Waals surface area contributed by atoms with E-state index in [-0.39, 0.29) is 5.56 Å². The standard InChI is InChI=1S/C14H16BNO/c1-2-11-3-5-12(6-4-11)9-16-10-13(15)7-8-14(16)17/h3-8,10H,2,9,15H2,1H3. The third-order valence-corrected chi connectivity index (χ3v) is 2.92. The van der Waals surface area contributed by atoms with Crippen molar-refractivity contribution in [3.05, 3.63) is 64.1 Å². The molecule has 0 aliphatic carbocycles. The summed E-state index contributed by atoms with van der Waals surface area (Å²) in [7, 11) is 2.00. The maximum absolute atomic E-state index is 11.7. The van der Waals surface area contributed by atoms with Crippen LogP contribution in [0.25, 0.3) is 0 Å². The molecule has 1 aromatic carbocycles. The van der Waals surface area contributed by atoms with Crippen LogP contribution in [-0.2, 0) is 13.0 Å². The third kappa shape index (κ3) is 2.87. The SMILES string of the molecule is Bc1ccc(=O)n(Cc2ccc(CC)cc2)c1. The zero-order chi connectivity index (χ0) is 12.3. The Hall–Kier alpha value is -1.77. The van der Waals surface area contributed by atoms with Crippen LogP contribution in [0.4, 0.5) is 0 Å². The Balaban J connectivity index is 2.25. The smallest absolute Gasteiger partial charge is 0.250 e. The Morgan fingerprint density at radius 1 is 1.06 bits per heavy atom. The first-order valence-electron chi connectivity index (χ1n) is 5.94. The molecule has 0 saturated heterocycles. The lowest BCUT2D eigenvalue weighted by Gasteiger charge is -2.07. The lowest BCUT2D eigenvalue weighted by Crippen LogP contribution is -2.23. The van der Waals surface area contributed by atoms with Gasteiger partial charge in [-0.25, -0.2) is 0 Å². The number of hydrogen-bond acceptors (Lipinski definition) is 1. The van der Waals surface area contributed by atoms with Gasteiger partial charge >= 0.3 is 0 Å². The first-order valence-corrected chi connectivity index (χ1v) is 5.94. The van der Waals surface area contributed by atoms with Gasteiger partial charge in [-0.05, 0) is 17.5 Å². The minimum atomic E-state index is 0.0511. The van der Waals surface area contributed by atoms with Gasteiger partial charge in [0.2, 0.25) is 0 Å². The Kier molecular flexibility index (Phi) is 3.47. The number of nitrogens with zero attached hydrogens (tertiary/aromatic N) is 1. The van der Waals surface area contributed by atoms with Crippen molar-refractivity contribution < 1.29 is 0 Å². The molecule has 2 aromatic rings. The van der Waals surface area contributed by atoms with Gasteiger partial charge in [0.15, 0.2) is 0 Å². The fourth-order valence-electron chi connectivity index (χ4n) is 1.85. The zero-order valence-corrected chi connectivity index (χ0v) is 10.3. The third-order valence-electron chi connectivity index (χ3n) is 2.92. The summed E-state index contributed by atoms with van der Waals surface area (Å²) < 4.78 is 1.75. The highest BCUT2D eigenvalue weighted by Crippen LogP contribution is 2.05. The van der Waals surface area contributed by atoms with Crippen LogP contribution >= 0.6 is 0 Å². The van der Waals surface area contributed by atoms with Gasteiger partial charge in [0.25, 0.3) is 5.56 Å². The first-order chi connectivity index (χ1) is 8.19. The molecule has 0 aliphatic rings. The van der Waals surface area contributed by atoms with Gasteiger partial charge in [0.1, 0.15) is 7.85 Å². The first kappa shape index (κ1) is 11.7. The lowest BCUT2D eigenvalue weighted by molar-refractivity contribution is 0.763. The van der Waals surface area contributed by atoms with Gasteiger partial charge in [-0.1, -0.05) is 42.7 Å². The van der Waals surface area contributed by atoms with Gasteiger partial charge in [-0.3, -0.25) is 4.79 Å². The van der Waals surface area contributed by atoms with E-state index in [1.165, 1.54) is 5.56 Å². The van der Waals surface area contributed by atoms with Crippen molar-refractivity contribution >= 4 is 13.3 Å². The highest BCUT2D eigenvalue weighted by Gasteiger charge is 1.98. The largest absolute Gasteiger partial charge is 0.312 e. The molecule has 0 spiro atoms. The van der Waals surface area contributed by atoms with Crippen LogP contribution in [-0.4, -0.2) is 12.4 Å². The van der Waals surface area contributed by atoms with E-state index >= 15 is 0 Å². The molecule has 0 unspecified atom stereocenters. The Morgan fingerprint density at radius 2 is 1.71 bits per heavy atom. The Morgan fingerprint density at radius 3 is 2.35 bits per heavy atom. The number of aryl methyl sites for hydroxylation is 1. The molecule has 2 nitrogen and oxygen atoms in total. The van der Waals surface area contributed by atoms with Crippen LogP contribution in [0.3, 0.4) is 0 Å². The summed E-state index contributed by atoms with van der Waals surface area (Å²) in [5.41, 5.74) is 3.64. The summed E-state index contributed by atoms with van der Waals surface area (Å²) in [6.07, 6.45) is 2.95. The molecule has 17 heavy (non-hydrogen) atoms. The highest BCUT2D eigenvalue weighted by molar-refractivity contribution is 6.32. The van der Waals surface area contributed by atoms with Gasteiger partial charge < -0.3 is 4.57 Å². The summed E-state index contributed by atoms with van der Waals surface area (Å²) in [6.45, 7) is 2.78. The minimum Gasteiger partial charge on any atom is -0.312 e.